The van der Waals surface area contributed by atoms with E-state index in [9.17, 15) is 9.59 Å². The summed E-state index contributed by atoms with van der Waals surface area (Å²) in [4.78, 5) is 23.9. The Labute approximate surface area is 211 Å². The van der Waals surface area contributed by atoms with Crippen LogP contribution in [0.1, 0.15) is 108 Å². The number of carbonyl (C=O) groups excluding carboxylic acids is 2. The first-order valence-corrected chi connectivity index (χ1v) is 13.5. The van der Waals surface area contributed by atoms with E-state index in [1.54, 1.807) is 19.1 Å². The normalized spacial score (nSPS) is 10.7. The van der Waals surface area contributed by atoms with Crippen LogP contribution in [0.3, 0.4) is 0 Å². The topological polar surface area (TPSA) is 91.3 Å². The lowest BCUT2D eigenvalue weighted by Crippen LogP contribution is -2.10. The average Bonchev–Trinajstić information content (AvgIpc) is 2.87. The van der Waals surface area contributed by atoms with Crippen LogP contribution in [-0.2, 0) is 14.3 Å². The molecule has 0 saturated carbocycles. The average molecular weight is 495 g/mol. The van der Waals surface area contributed by atoms with E-state index >= 15 is 0 Å². The van der Waals surface area contributed by atoms with E-state index in [2.05, 4.69) is 6.92 Å². The first kappa shape index (κ1) is 30.8. The summed E-state index contributed by atoms with van der Waals surface area (Å²) in [5.74, 6) is 0.582. The van der Waals surface area contributed by atoms with Crippen molar-refractivity contribution in [1.29, 1.82) is 0 Å². The van der Waals surface area contributed by atoms with Gasteiger partial charge in [0.15, 0.2) is 0 Å². The number of ether oxygens (including phenoxy) is 4. The van der Waals surface area contributed by atoms with Crippen molar-refractivity contribution in [3.63, 3.8) is 0 Å². The Balaban J connectivity index is 2.53. The maximum atomic E-state index is 12.8. The smallest absolute Gasteiger partial charge is 0.342 e. The van der Waals surface area contributed by atoms with Crippen LogP contribution >= 0.6 is 0 Å². The number of hydrogen-bond donors (Lipinski definition) is 1. The van der Waals surface area contributed by atoms with Crippen LogP contribution in [0.5, 0.6) is 11.5 Å². The van der Waals surface area contributed by atoms with E-state index in [1.807, 2.05) is 6.07 Å². The molecule has 0 heterocycles. The summed E-state index contributed by atoms with van der Waals surface area (Å²) in [6.07, 6.45) is 11.9. The summed E-state index contributed by atoms with van der Waals surface area (Å²) in [7, 11) is 0. The van der Waals surface area contributed by atoms with Crippen molar-refractivity contribution < 1.29 is 33.6 Å². The molecule has 1 rings (SSSR count). The summed E-state index contributed by atoms with van der Waals surface area (Å²) in [5.41, 5.74) is 0.387. The highest BCUT2D eigenvalue weighted by Gasteiger charge is 2.16. The van der Waals surface area contributed by atoms with E-state index in [1.165, 1.54) is 12.8 Å². The Kier molecular flexibility index (Phi) is 18.5. The Bertz CT molecular complexity index is 690. The van der Waals surface area contributed by atoms with Crippen LogP contribution in [0.4, 0.5) is 0 Å². The SMILES string of the molecule is CCCCCCOc1ccc(OCCCCCCOC(=O)CC)c(C(=O)OCCCCCCO)c1. The third-order valence-electron chi connectivity index (χ3n) is 5.57. The molecule has 0 saturated heterocycles. The molecule has 1 aromatic carbocycles. The molecule has 0 atom stereocenters. The van der Waals surface area contributed by atoms with Crippen molar-refractivity contribution in [3.8, 4) is 11.5 Å². The van der Waals surface area contributed by atoms with Crippen LogP contribution in [-0.4, -0.2) is 50.1 Å². The monoisotopic (exact) mass is 494 g/mol. The quantitative estimate of drug-likeness (QED) is 0.150. The van der Waals surface area contributed by atoms with Crippen LogP contribution in [0, 0.1) is 0 Å². The first-order chi connectivity index (χ1) is 17.1. The van der Waals surface area contributed by atoms with Gasteiger partial charge in [-0.05, 0) is 69.6 Å². The summed E-state index contributed by atoms with van der Waals surface area (Å²) < 4.78 is 22.3. The molecule has 0 amide bonds. The van der Waals surface area contributed by atoms with E-state index < -0.39 is 5.97 Å². The molecule has 35 heavy (non-hydrogen) atoms. The van der Waals surface area contributed by atoms with Gasteiger partial charge in [0, 0.05) is 13.0 Å². The highest BCUT2D eigenvalue weighted by Crippen LogP contribution is 2.26. The Morgan fingerprint density at radius 2 is 1.31 bits per heavy atom. The maximum Gasteiger partial charge on any atom is 0.342 e. The zero-order valence-electron chi connectivity index (χ0n) is 21.9. The van der Waals surface area contributed by atoms with Gasteiger partial charge in [0.2, 0.25) is 0 Å². The van der Waals surface area contributed by atoms with Gasteiger partial charge >= 0.3 is 11.9 Å². The van der Waals surface area contributed by atoms with Gasteiger partial charge < -0.3 is 24.1 Å². The summed E-state index contributed by atoms with van der Waals surface area (Å²) in [6.45, 7) is 6.07. The maximum absolute atomic E-state index is 12.8. The van der Waals surface area contributed by atoms with Crippen LogP contribution < -0.4 is 9.47 Å². The Morgan fingerprint density at radius 3 is 1.97 bits per heavy atom. The molecule has 0 aromatic heterocycles. The van der Waals surface area contributed by atoms with Crippen molar-refractivity contribution in [2.24, 2.45) is 0 Å². The number of hydrogen-bond acceptors (Lipinski definition) is 7. The minimum absolute atomic E-state index is 0.161. The molecule has 200 valence electrons. The van der Waals surface area contributed by atoms with Gasteiger partial charge in [0.25, 0.3) is 0 Å². The number of esters is 2. The van der Waals surface area contributed by atoms with Gasteiger partial charge in [0.1, 0.15) is 17.1 Å². The fraction of sp³-hybridized carbons (Fsp3) is 0.714. The fourth-order valence-corrected chi connectivity index (χ4v) is 3.44. The second kappa shape index (κ2) is 21.0. The van der Waals surface area contributed by atoms with Crippen LogP contribution in [0.15, 0.2) is 18.2 Å². The highest BCUT2D eigenvalue weighted by molar-refractivity contribution is 5.93. The van der Waals surface area contributed by atoms with Crippen molar-refractivity contribution in [2.45, 2.75) is 97.3 Å². The second-order valence-electron chi connectivity index (χ2n) is 8.68. The molecule has 7 heteroatoms. The zero-order chi connectivity index (χ0) is 25.6. The molecular formula is C28H46O7. The Morgan fingerprint density at radius 1 is 0.714 bits per heavy atom. The minimum Gasteiger partial charge on any atom is -0.494 e. The number of aliphatic hydroxyl groups is 1. The first-order valence-electron chi connectivity index (χ1n) is 13.5. The number of benzene rings is 1. The lowest BCUT2D eigenvalue weighted by atomic mass is 10.1. The van der Waals surface area contributed by atoms with E-state index in [0.717, 1.165) is 64.2 Å². The van der Waals surface area contributed by atoms with Crippen LogP contribution in [0.25, 0.3) is 0 Å². The summed E-state index contributed by atoms with van der Waals surface area (Å²) in [6, 6.07) is 5.33. The molecule has 0 spiro atoms. The van der Waals surface area contributed by atoms with Gasteiger partial charge in [0.05, 0.1) is 26.4 Å². The molecule has 7 nitrogen and oxygen atoms in total. The molecule has 0 aliphatic rings. The predicted octanol–water partition coefficient (Wildman–Crippen LogP) is 6.25. The van der Waals surface area contributed by atoms with Gasteiger partial charge in [-0.3, -0.25) is 4.79 Å². The molecule has 0 bridgehead atoms. The number of carbonyl (C=O) groups is 2. The van der Waals surface area contributed by atoms with E-state index in [4.69, 9.17) is 24.1 Å². The van der Waals surface area contributed by atoms with E-state index in [-0.39, 0.29) is 12.6 Å². The molecule has 0 radical (unpaired) electrons. The van der Waals surface area contributed by atoms with Crippen molar-refractivity contribution in [1.82, 2.24) is 0 Å². The van der Waals surface area contributed by atoms with Crippen molar-refractivity contribution in [2.75, 3.05) is 33.0 Å². The third kappa shape index (κ3) is 15.4. The second-order valence-corrected chi connectivity index (χ2v) is 8.68. The zero-order valence-corrected chi connectivity index (χ0v) is 21.9. The highest BCUT2D eigenvalue weighted by atomic mass is 16.5. The van der Waals surface area contributed by atoms with Gasteiger partial charge in [-0.2, -0.15) is 0 Å². The standard InChI is InChI=1S/C28H46O7/c1-3-5-6-12-19-32-24-16-17-26(33-20-13-9-10-14-21-34-27(30)4-2)25(23-24)28(31)35-22-15-8-7-11-18-29/h16-17,23,29H,3-15,18-22H2,1-2H3. The lowest BCUT2D eigenvalue weighted by Gasteiger charge is -2.14. The molecule has 0 aliphatic carbocycles. The molecule has 1 aromatic rings. The fourth-order valence-electron chi connectivity index (χ4n) is 3.44. The number of unbranched alkanes of at least 4 members (excludes halogenated alkanes) is 9. The minimum atomic E-state index is -0.406. The molecule has 0 aliphatic heterocycles. The third-order valence-corrected chi connectivity index (χ3v) is 5.57. The van der Waals surface area contributed by atoms with Crippen molar-refractivity contribution >= 4 is 11.9 Å². The molecule has 0 fully saturated rings. The predicted molar refractivity (Wildman–Crippen MR) is 137 cm³/mol. The molecule has 0 unspecified atom stereocenters. The van der Waals surface area contributed by atoms with Gasteiger partial charge in [-0.15, -0.1) is 0 Å². The summed E-state index contributed by atoms with van der Waals surface area (Å²) >= 11 is 0. The molecular weight excluding hydrogens is 448 g/mol. The van der Waals surface area contributed by atoms with Crippen LogP contribution in [0.2, 0.25) is 0 Å². The summed E-state index contributed by atoms with van der Waals surface area (Å²) in [5, 5.41) is 8.86. The van der Waals surface area contributed by atoms with E-state index in [0.29, 0.717) is 49.9 Å². The van der Waals surface area contributed by atoms with Gasteiger partial charge in [-0.1, -0.05) is 39.5 Å². The van der Waals surface area contributed by atoms with Crippen molar-refractivity contribution in [3.05, 3.63) is 23.8 Å². The number of aliphatic hydroxyl groups excluding tert-OH is 1. The lowest BCUT2D eigenvalue weighted by molar-refractivity contribution is -0.143. The largest absolute Gasteiger partial charge is 0.494 e. The number of rotatable bonds is 22. The molecule has 1 N–H and O–H groups in total. The Hall–Kier alpha value is -2.28. The van der Waals surface area contributed by atoms with Gasteiger partial charge in [-0.25, -0.2) is 4.79 Å².